The molecule has 0 radical (unpaired) electrons. The van der Waals surface area contributed by atoms with Gasteiger partial charge in [-0.1, -0.05) is 20.8 Å². The number of benzene rings is 1. The molecule has 0 bridgehead atoms. The average Bonchev–Trinajstić information content (AvgIpc) is 2.06. The van der Waals surface area contributed by atoms with Gasteiger partial charge in [-0.25, -0.2) is 17.5 Å². The molecule has 0 aliphatic rings. The standard InChI is InChI=1S/C16H26FNO2S/c1-11-8-13(17)9-12(2)14(11)21(19,20)18-16(6,7)10-15(3,4)5/h8-9,18H,10H2,1-7H3. The van der Waals surface area contributed by atoms with Crippen molar-refractivity contribution < 1.29 is 12.8 Å². The molecule has 1 aromatic rings. The van der Waals surface area contributed by atoms with Gasteiger partial charge in [0.2, 0.25) is 10.0 Å². The molecule has 0 fully saturated rings. The van der Waals surface area contributed by atoms with Crippen molar-refractivity contribution in [2.75, 3.05) is 0 Å². The molecule has 120 valence electrons. The zero-order valence-corrected chi connectivity index (χ0v) is 14.8. The van der Waals surface area contributed by atoms with Crippen LogP contribution in [0.1, 0.15) is 52.2 Å². The van der Waals surface area contributed by atoms with Gasteiger partial charge in [0, 0.05) is 5.54 Å². The molecule has 0 aliphatic carbocycles. The smallest absolute Gasteiger partial charge is 0.207 e. The lowest BCUT2D eigenvalue weighted by atomic mass is 9.82. The Morgan fingerprint density at radius 2 is 1.48 bits per heavy atom. The minimum Gasteiger partial charge on any atom is -0.207 e. The highest BCUT2D eigenvalue weighted by molar-refractivity contribution is 7.89. The summed E-state index contributed by atoms with van der Waals surface area (Å²) in [6, 6.07) is 2.50. The minimum absolute atomic E-state index is 0.00109. The lowest BCUT2D eigenvalue weighted by molar-refractivity contribution is 0.269. The Labute approximate surface area is 128 Å². The summed E-state index contributed by atoms with van der Waals surface area (Å²) in [4.78, 5) is 0.172. The second kappa shape index (κ2) is 5.69. The van der Waals surface area contributed by atoms with E-state index >= 15 is 0 Å². The number of halogens is 1. The normalized spacial score (nSPS) is 13.5. The highest BCUT2D eigenvalue weighted by atomic mass is 32.2. The maximum absolute atomic E-state index is 13.3. The second-order valence-electron chi connectivity index (χ2n) is 7.60. The van der Waals surface area contributed by atoms with Gasteiger partial charge in [0.25, 0.3) is 0 Å². The van der Waals surface area contributed by atoms with Crippen molar-refractivity contribution in [2.45, 2.75) is 65.3 Å². The van der Waals surface area contributed by atoms with Crippen LogP contribution in [0.3, 0.4) is 0 Å². The summed E-state index contributed by atoms with van der Waals surface area (Å²) in [6.07, 6.45) is 0.693. The lowest BCUT2D eigenvalue weighted by Gasteiger charge is -2.33. The Morgan fingerprint density at radius 1 is 1.05 bits per heavy atom. The zero-order valence-electron chi connectivity index (χ0n) is 14.0. The fourth-order valence-corrected chi connectivity index (χ4v) is 4.97. The van der Waals surface area contributed by atoms with Crippen molar-refractivity contribution in [1.82, 2.24) is 4.72 Å². The van der Waals surface area contributed by atoms with Crippen LogP contribution in [0.15, 0.2) is 17.0 Å². The van der Waals surface area contributed by atoms with Crippen molar-refractivity contribution >= 4 is 10.0 Å². The molecule has 1 aromatic carbocycles. The van der Waals surface area contributed by atoms with Crippen molar-refractivity contribution in [3.8, 4) is 0 Å². The summed E-state index contributed by atoms with van der Waals surface area (Å²) in [5.74, 6) is -0.419. The third-order valence-electron chi connectivity index (χ3n) is 3.08. The van der Waals surface area contributed by atoms with E-state index in [1.54, 1.807) is 13.8 Å². The molecule has 0 atom stereocenters. The van der Waals surface area contributed by atoms with Gasteiger partial charge in [-0.05, 0) is 62.8 Å². The summed E-state index contributed by atoms with van der Waals surface area (Å²) < 4.78 is 41.4. The monoisotopic (exact) mass is 315 g/mol. The number of hydrogen-bond acceptors (Lipinski definition) is 2. The van der Waals surface area contributed by atoms with E-state index in [1.807, 2.05) is 13.8 Å². The zero-order chi connectivity index (χ0) is 16.6. The molecule has 0 unspecified atom stereocenters. The summed E-state index contributed by atoms with van der Waals surface area (Å²) in [6.45, 7) is 13.2. The molecule has 1 rings (SSSR count). The van der Waals surface area contributed by atoms with Gasteiger partial charge in [-0.2, -0.15) is 0 Å². The van der Waals surface area contributed by atoms with Gasteiger partial charge >= 0.3 is 0 Å². The van der Waals surface area contributed by atoms with Crippen LogP contribution in [0.4, 0.5) is 4.39 Å². The van der Waals surface area contributed by atoms with E-state index in [9.17, 15) is 12.8 Å². The molecule has 5 heteroatoms. The molecule has 0 spiro atoms. The number of sulfonamides is 1. The van der Waals surface area contributed by atoms with Gasteiger partial charge in [-0.15, -0.1) is 0 Å². The Hall–Kier alpha value is -0.940. The molecular weight excluding hydrogens is 289 g/mol. The highest BCUT2D eigenvalue weighted by Gasteiger charge is 2.32. The Bertz CT molecular complexity index is 605. The van der Waals surface area contributed by atoms with Crippen LogP contribution in [-0.2, 0) is 10.0 Å². The Morgan fingerprint density at radius 3 is 1.86 bits per heavy atom. The summed E-state index contributed by atoms with van der Waals surface area (Å²) >= 11 is 0. The van der Waals surface area contributed by atoms with E-state index in [0.29, 0.717) is 17.5 Å². The number of rotatable bonds is 4. The highest BCUT2D eigenvalue weighted by Crippen LogP contribution is 2.29. The molecule has 0 saturated heterocycles. The van der Waals surface area contributed by atoms with Crippen molar-refractivity contribution in [1.29, 1.82) is 0 Å². The molecule has 0 aromatic heterocycles. The predicted molar refractivity (Wildman–Crippen MR) is 84.3 cm³/mol. The fraction of sp³-hybridized carbons (Fsp3) is 0.625. The molecular formula is C16H26FNO2S. The first kappa shape index (κ1) is 18.1. The van der Waals surface area contributed by atoms with Crippen LogP contribution >= 0.6 is 0 Å². The first-order valence-corrected chi connectivity index (χ1v) is 8.53. The van der Waals surface area contributed by atoms with Gasteiger partial charge in [0.15, 0.2) is 0 Å². The maximum Gasteiger partial charge on any atom is 0.241 e. The topological polar surface area (TPSA) is 46.2 Å². The first-order valence-electron chi connectivity index (χ1n) is 7.04. The molecule has 1 N–H and O–H groups in total. The van der Waals surface area contributed by atoms with Gasteiger partial charge in [-0.3, -0.25) is 0 Å². The van der Waals surface area contributed by atoms with Crippen LogP contribution in [0.25, 0.3) is 0 Å². The number of hydrogen-bond donors (Lipinski definition) is 1. The molecule has 0 amide bonds. The van der Waals surface area contributed by atoms with Crippen LogP contribution in [-0.4, -0.2) is 14.0 Å². The van der Waals surface area contributed by atoms with E-state index in [4.69, 9.17) is 0 Å². The summed E-state index contributed by atoms with van der Waals surface area (Å²) in [5, 5.41) is 0. The molecule has 0 heterocycles. The van der Waals surface area contributed by atoms with Crippen LogP contribution in [0.5, 0.6) is 0 Å². The van der Waals surface area contributed by atoms with Crippen molar-refractivity contribution in [2.24, 2.45) is 5.41 Å². The van der Waals surface area contributed by atoms with Crippen LogP contribution in [0.2, 0.25) is 0 Å². The maximum atomic E-state index is 13.3. The van der Waals surface area contributed by atoms with E-state index in [0.717, 1.165) is 0 Å². The van der Waals surface area contributed by atoms with Crippen LogP contribution in [0, 0.1) is 25.1 Å². The predicted octanol–water partition coefficient (Wildman–Crippen LogP) is 3.94. The third kappa shape index (κ3) is 5.08. The minimum atomic E-state index is -3.69. The van der Waals surface area contributed by atoms with E-state index < -0.39 is 21.4 Å². The van der Waals surface area contributed by atoms with Crippen molar-refractivity contribution in [3.63, 3.8) is 0 Å². The fourth-order valence-electron chi connectivity index (χ4n) is 3.10. The Kier molecular flexibility index (Phi) is 4.91. The second-order valence-corrected chi connectivity index (χ2v) is 9.21. The first-order chi connectivity index (χ1) is 9.23. The van der Waals surface area contributed by atoms with Gasteiger partial charge in [0.1, 0.15) is 5.82 Å². The molecule has 3 nitrogen and oxygen atoms in total. The number of nitrogens with one attached hydrogen (secondary N) is 1. The van der Waals surface area contributed by atoms with E-state index in [1.165, 1.54) is 12.1 Å². The molecule has 0 saturated carbocycles. The summed E-state index contributed by atoms with van der Waals surface area (Å²) in [7, 11) is -3.69. The summed E-state index contributed by atoms with van der Waals surface area (Å²) in [5.41, 5.74) is 0.265. The van der Waals surface area contributed by atoms with Gasteiger partial charge in [0.05, 0.1) is 4.90 Å². The molecule has 21 heavy (non-hydrogen) atoms. The lowest BCUT2D eigenvalue weighted by Crippen LogP contribution is -2.46. The van der Waals surface area contributed by atoms with Gasteiger partial charge < -0.3 is 0 Å². The molecule has 0 aliphatic heterocycles. The van der Waals surface area contributed by atoms with Crippen LogP contribution < -0.4 is 4.72 Å². The van der Waals surface area contributed by atoms with Crippen molar-refractivity contribution in [3.05, 3.63) is 29.1 Å². The van der Waals surface area contributed by atoms with E-state index in [2.05, 4.69) is 25.5 Å². The quantitative estimate of drug-likeness (QED) is 0.915. The third-order valence-corrected chi connectivity index (χ3v) is 5.08. The average molecular weight is 315 g/mol. The SMILES string of the molecule is Cc1cc(F)cc(C)c1S(=O)(=O)NC(C)(C)CC(C)(C)C. The van der Waals surface area contributed by atoms with E-state index in [-0.39, 0.29) is 10.3 Å². The number of aryl methyl sites for hydroxylation is 2. The largest absolute Gasteiger partial charge is 0.241 e. The Balaban J connectivity index is 3.19.